The van der Waals surface area contributed by atoms with E-state index in [1.807, 2.05) is 74.5 Å². The van der Waals surface area contributed by atoms with E-state index in [1.165, 1.54) is 4.57 Å². The zero-order chi connectivity index (χ0) is 22.7. The summed E-state index contributed by atoms with van der Waals surface area (Å²) in [5, 5.41) is 6.79. The fraction of sp³-hybridized carbons (Fsp3) is 0.160. The fourth-order valence-corrected chi connectivity index (χ4v) is 3.79. The van der Waals surface area contributed by atoms with Gasteiger partial charge in [0.2, 0.25) is 0 Å². The highest BCUT2D eigenvalue weighted by Gasteiger charge is 2.21. The number of aromatic nitrogens is 3. The Morgan fingerprint density at radius 1 is 1.09 bits per heavy atom. The molecule has 0 fully saturated rings. The van der Waals surface area contributed by atoms with Crippen molar-refractivity contribution in [2.75, 3.05) is 6.61 Å². The molecule has 0 atom stereocenters. The Kier molecular flexibility index (Phi) is 5.89. The van der Waals surface area contributed by atoms with Crippen molar-refractivity contribution in [1.82, 2.24) is 14.8 Å². The van der Waals surface area contributed by atoms with Crippen LogP contribution >= 0.6 is 0 Å². The number of carbonyl (C=O) groups excluding carboxylic acids is 1. The molecule has 0 aliphatic heterocycles. The van der Waals surface area contributed by atoms with E-state index >= 15 is 0 Å². The van der Waals surface area contributed by atoms with Gasteiger partial charge in [-0.2, -0.15) is 5.10 Å². The number of hydrogen-bond acceptors (Lipinski definition) is 4. The Morgan fingerprint density at radius 3 is 2.50 bits per heavy atom. The van der Waals surface area contributed by atoms with Crippen molar-refractivity contribution in [2.24, 2.45) is 5.73 Å². The van der Waals surface area contributed by atoms with E-state index in [2.05, 4.69) is 10.2 Å². The SMILES string of the molecule is CCOc1c(Cc2ccccc2)cc(-c2n[nH]c(=O)n2-c2ccccc2C)cc1C(N)=O. The van der Waals surface area contributed by atoms with Gasteiger partial charge in [-0.15, -0.1) is 0 Å². The lowest BCUT2D eigenvalue weighted by molar-refractivity contribution is 0.0996. The summed E-state index contributed by atoms with van der Waals surface area (Å²) in [7, 11) is 0. The molecule has 0 spiro atoms. The molecule has 0 saturated heterocycles. The van der Waals surface area contributed by atoms with Crippen molar-refractivity contribution in [3.63, 3.8) is 0 Å². The van der Waals surface area contributed by atoms with E-state index in [0.29, 0.717) is 35.9 Å². The van der Waals surface area contributed by atoms with Crippen molar-refractivity contribution < 1.29 is 9.53 Å². The minimum atomic E-state index is -0.607. The Balaban J connectivity index is 1.94. The van der Waals surface area contributed by atoms with E-state index in [9.17, 15) is 9.59 Å². The zero-order valence-electron chi connectivity index (χ0n) is 18.0. The maximum absolute atomic E-state index is 12.7. The molecule has 1 heterocycles. The molecule has 32 heavy (non-hydrogen) atoms. The largest absolute Gasteiger partial charge is 0.493 e. The molecule has 0 bridgehead atoms. The summed E-state index contributed by atoms with van der Waals surface area (Å²) in [5.74, 6) is 0.238. The maximum atomic E-state index is 12.7. The van der Waals surface area contributed by atoms with Gasteiger partial charge in [0.1, 0.15) is 5.75 Å². The van der Waals surface area contributed by atoms with E-state index in [4.69, 9.17) is 10.5 Å². The Bertz CT molecular complexity index is 1320. The highest BCUT2D eigenvalue weighted by Crippen LogP contribution is 2.32. The number of nitrogens with one attached hydrogen (secondary N) is 1. The van der Waals surface area contributed by atoms with E-state index in [-0.39, 0.29) is 11.3 Å². The third kappa shape index (κ3) is 4.05. The number of aromatic amines is 1. The predicted molar refractivity (Wildman–Crippen MR) is 123 cm³/mol. The first-order chi connectivity index (χ1) is 15.5. The van der Waals surface area contributed by atoms with E-state index in [0.717, 1.165) is 16.7 Å². The van der Waals surface area contributed by atoms with Crippen LogP contribution in [0.4, 0.5) is 0 Å². The monoisotopic (exact) mass is 428 g/mol. The molecule has 7 nitrogen and oxygen atoms in total. The molecule has 7 heteroatoms. The van der Waals surface area contributed by atoms with Gasteiger partial charge in [0.25, 0.3) is 5.91 Å². The van der Waals surface area contributed by atoms with Crippen LogP contribution in [0, 0.1) is 6.92 Å². The van der Waals surface area contributed by atoms with Crippen LogP contribution in [0.3, 0.4) is 0 Å². The lowest BCUT2D eigenvalue weighted by Crippen LogP contribution is -2.17. The number of rotatable bonds is 7. The molecule has 0 unspecified atom stereocenters. The molecule has 0 saturated carbocycles. The number of hydrogen-bond donors (Lipinski definition) is 2. The second kappa shape index (κ2) is 8.93. The number of amides is 1. The topological polar surface area (TPSA) is 103 Å². The second-order valence-electron chi connectivity index (χ2n) is 7.45. The third-order valence-electron chi connectivity index (χ3n) is 5.24. The quantitative estimate of drug-likeness (QED) is 0.469. The highest BCUT2D eigenvalue weighted by molar-refractivity contribution is 5.97. The van der Waals surface area contributed by atoms with Gasteiger partial charge in [-0.3, -0.25) is 4.79 Å². The van der Waals surface area contributed by atoms with Gasteiger partial charge in [-0.1, -0.05) is 48.5 Å². The molecule has 0 aliphatic carbocycles. The van der Waals surface area contributed by atoms with Gasteiger partial charge in [-0.05, 0) is 43.2 Å². The van der Waals surface area contributed by atoms with Crippen molar-refractivity contribution in [3.8, 4) is 22.8 Å². The molecular formula is C25H24N4O3. The van der Waals surface area contributed by atoms with Crippen LogP contribution in [0.2, 0.25) is 0 Å². The number of nitrogens with zero attached hydrogens (tertiary/aromatic N) is 2. The smallest absolute Gasteiger partial charge is 0.348 e. The van der Waals surface area contributed by atoms with Gasteiger partial charge in [-0.25, -0.2) is 14.5 Å². The average molecular weight is 428 g/mol. The minimum absolute atomic E-state index is 0.252. The number of aryl methyl sites for hydroxylation is 1. The molecule has 162 valence electrons. The normalized spacial score (nSPS) is 10.8. The van der Waals surface area contributed by atoms with Gasteiger partial charge in [0, 0.05) is 17.5 Å². The van der Waals surface area contributed by atoms with Gasteiger partial charge in [0.15, 0.2) is 5.82 Å². The summed E-state index contributed by atoms with van der Waals surface area (Å²) in [5.41, 5.74) is 9.66. The number of para-hydroxylation sites is 1. The molecule has 4 rings (SSSR count). The summed E-state index contributed by atoms with van der Waals surface area (Å²) < 4.78 is 7.34. The summed E-state index contributed by atoms with van der Waals surface area (Å²) in [6.07, 6.45) is 0.531. The maximum Gasteiger partial charge on any atom is 0.348 e. The molecular weight excluding hydrogens is 404 g/mol. The standard InChI is InChI=1S/C25H24N4O3/c1-3-32-22-18(13-17-10-5-4-6-11-17)14-19(15-20(22)23(26)30)24-27-28-25(31)29(24)21-12-8-7-9-16(21)2/h4-12,14-15H,3,13H2,1-2H3,(H2,26,30)(H,28,31). The van der Waals surface area contributed by atoms with E-state index in [1.54, 1.807) is 6.07 Å². The number of ether oxygens (including phenoxy) is 1. The van der Waals surface area contributed by atoms with Crippen molar-refractivity contribution in [2.45, 2.75) is 20.3 Å². The highest BCUT2D eigenvalue weighted by atomic mass is 16.5. The predicted octanol–water partition coefficient (Wildman–Crippen LogP) is 3.62. The van der Waals surface area contributed by atoms with Gasteiger partial charge < -0.3 is 10.5 Å². The van der Waals surface area contributed by atoms with Gasteiger partial charge >= 0.3 is 5.69 Å². The van der Waals surface area contributed by atoms with Crippen molar-refractivity contribution in [1.29, 1.82) is 0 Å². The van der Waals surface area contributed by atoms with Crippen LogP contribution in [0.25, 0.3) is 17.1 Å². The molecule has 1 amide bonds. The molecule has 4 aromatic rings. The Hall–Kier alpha value is -4.13. The molecule has 1 aromatic heterocycles. The van der Waals surface area contributed by atoms with Crippen LogP contribution in [0.5, 0.6) is 5.75 Å². The van der Waals surface area contributed by atoms with Crippen LogP contribution in [-0.2, 0) is 6.42 Å². The number of nitrogens with two attached hydrogens (primary N) is 1. The first-order valence-electron chi connectivity index (χ1n) is 10.4. The first kappa shape index (κ1) is 21.1. The zero-order valence-corrected chi connectivity index (χ0v) is 18.0. The van der Waals surface area contributed by atoms with Gasteiger partial charge in [0.05, 0.1) is 17.9 Å². The first-order valence-corrected chi connectivity index (χ1v) is 10.4. The van der Waals surface area contributed by atoms with Crippen molar-refractivity contribution in [3.05, 3.63) is 99.5 Å². The molecule has 3 aromatic carbocycles. The number of benzene rings is 3. The van der Waals surface area contributed by atoms with Crippen LogP contribution in [0.1, 0.15) is 34.0 Å². The Labute approximate surface area is 185 Å². The number of carbonyl (C=O) groups is 1. The lowest BCUT2D eigenvalue weighted by Gasteiger charge is -2.16. The van der Waals surface area contributed by atoms with Crippen LogP contribution < -0.4 is 16.2 Å². The summed E-state index contributed by atoms with van der Waals surface area (Å²) in [6.45, 7) is 4.17. The summed E-state index contributed by atoms with van der Waals surface area (Å²) in [4.78, 5) is 25.0. The molecule has 0 aliphatic rings. The minimum Gasteiger partial charge on any atom is -0.493 e. The average Bonchev–Trinajstić information content (AvgIpc) is 3.17. The second-order valence-corrected chi connectivity index (χ2v) is 7.45. The lowest BCUT2D eigenvalue weighted by atomic mass is 9.97. The van der Waals surface area contributed by atoms with Crippen molar-refractivity contribution >= 4 is 5.91 Å². The van der Waals surface area contributed by atoms with Crippen LogP contribution in [0.15, 0.2) is 71.5 Å². The Morgan fingerprint density at radius 2 is 1.81 bits per heavy atom. The van der Waals surface area contributed by atoms with E-state index < -0.39 is 5.91 Å². The number of H-pyrrole nitrogens is 1. The number of primary amides is 1. The third-order valence-corrected chi connectivity index (χ3v) is 5.24. The summed E-state index contributed by atoms with van der Waals surface area (Å²) in [6, 6.07) is 20.9. The fourth-order valence-electron chi connectivity index (χ4n) is 3.79. The summed E-state index contributed by atoms with van der Waals surface area (Å²) >= 11 is 0. The molecule has 3 N–H and O–H groups in total. The van der Waals surface area contributed by atoms with Crippen LogP contribution in [-0.4, -0.2) is 27.3 Å². The molecule has 0 radical (unpaired) electrons.